The van der Waals surface area contributed by atoms with Crippen LogP contribution in [0.3, 0.4) is 0 Å². The minimum atomic E-state index is 0.232. The van der Waals surface area contributed by atoms with Crippen LogP contribution < -0.4 is 5.32 Å². The number of aryl methyl sites for hydroxylation is 1. The van der Waals surface area contributed by atoms with E-state index < -0.39 is 0 Å². The molecule has 0 bridgehead atoms. The van der Waals surface area contributed by atoms with Gasteiger partial charge in [-0.15, -0.1) is 11.3 Å². The summed E-state index contributed by atoms with van der Waals surface area (Å²) in [5.74, 6) is 0. The Morgan fingerprint density at radius 2 is 1.36 bits per heavy atom. The average Bonchev–Trinajstić information content (AvgIpc) is 3.00. The van der Waals surface area contributed by atoms with Crippen LogP contribution in [-0.4, -0.2) is 0 Å². The smallest absolute Gasteiger partial charge is 0.0675 e. The van der Waals surface area contributed by atoms with E-state index in [1.807, 2.05) is 11.3 Å². The van der Waals surface area contributed by atoms with Gasteiger partial charge in [0.05, 0.1) is 6.04 Å². The summed E-state index contributed by atoms with van der Waals surface area (Å²) >= 11 is 1.87. The Labute approximate surface area is 136 Å². The van der Waals surface area contributed by atoms with Crippen molar-refractivity contribution in [2.24, 2.45) is 0 Å². The van der Waals surface area contributed by atoms with Gasteiger partial charge in [-0.25, -0.2) is 0 Å². The normalized spacial score (nSPS) is 13.7. The molecule has 0 saturated heterocycles. The molecule has 1 heterocycles. The molecule has 0 radical (unpaired) electrons. The summed E-state index contributed by atoms with van der Waals surface area (Å²) < 4.78 is 0. The molecule has 0 amide bonds. The van der Waals surface area contributed by atoms with Crippen LogP contribution in [0, 0.1) is 6.92 Å². The quantitative estimate of drug-likeness (QED) is 0.656. The van der Waals surface area contributed by atoms with Gasteiger partial charge in [0.25, 0.3) is 0 Å². The molecule has 0 spiro atoms. The Bertz CT molecular complexity index is 703. The van der Waals surface area contributed by atoms with Crippen LogP contribution in [0.15, 0.2) is 72.8 Å². The molecule has 0 aliphatic rings. The zero-order chi connectivity index (χ0) is 15.4. The summed E-state index contributed by atoms with van der Waals surface area (Å²) in [4.78, 5) is 2.72. The molecule has 0 saturated carbocycles. The molecule has 0 aliphatic carbocycles. The van der Waals surface area contributed by atoms with Crippen LogP contribution in [0.25, 0.3) is 0 Å². The number of benzene rings is 2. The van der Waals surface area contributed by atoms with Gasteiger partial charge in [0.15, 0.2) is 0 Å². The lowest BCUT2D eigenvalue weighted by Crippen LogP contribution is -2.25. The number of hydrogen-bond acceptors (Lipinski definition) is 2. The van der Waals surface area contributed by atoms with Crippen LogP contribution in [0.1, 0.15) is 39.9 Å². The second-order valence-corrected chi connectivity index (χ2v) is 6.91. The standard InChI is InChI=1S/C20H21NS/c1-15-13-14-19(22-15)20(18-11-7-4-8-12-18)21-16(2)17-9-5-3-6-10-17/h3-14,16,20-21H,1-2H3/t16-,20?/m1/s1. The Balaban J connectivity index is 1.89. The van der Waals surface area contributed by atoms with Crippen molar-refractivity contribution in [2.75, 3.05) is 0 Å². The van der Waals surface area contributed by atoms with Crippen molar-refractivity contribution in [3.8, 4) is 0 Å². The van der Waals surface area contributed by atoms with Crippen molar-refractivity contribution in [1.82, 2.24) is 5.32 Å². The third-order valence-electron chi connectivity index (χ3n) is 3.89. The van der Waals surface area contributed by atoms with Crippen LogP contribution >= 0.6 is 11.3 Å². The highest BCUT2D eigenvalue weighted by molar-refractivity contribution is 7.12. The topological polar surface area (TPSA) is 12.0 Å². The third-order valence-corrected chi connectivity index (χ3v) is 4.96. The van der Waals surface area contributed by atoms with Gasteiger partial charge < -0.3 is 0 Å². The first-order valence-corrected chi connectivity index (χ1v) is 8.48. The summed E-state index contributed by atoms with van der Waals surface area (Å²) in [5.41, 5.74) is 2.63. The fraction of sp³-hybridized carbons (Fsp3) is 0.200. The molecule has 0 aliphatic heterocycles. The van der Waals surface area contributed by atoms with Gasteiger partial charge in [-0.05, 0) is 37.1 Å². The second kappa shape index (κ2) is 6.91. The molecule has 22 heavy (non-hydrogen) atoms. The average molecular weight is 307 g/mol. The van der Waals surface area contributed by atoms with E-state index in [4.69, 9.17) is 0 Å². The number of thiophene rings is 1. The summed E-state index contributed by atoms with van der Waals surface area (Å²) in [5, 5.41) is 3.79. The first kappa shape index (κ1) is 15.0. The second-order valence-electron chi connectivity index (χ2n) is 5.59. The van der Waals surface area contributed by atoms with Gasteiger partial charge in [-0.1, -0.05) is 60.7 Å². The molecule has 1 N–H and O–H groups in total. The van der Waals surface area contributed by atoms with E-state index in [9.17, 15) is 0 Å². The maximum atomic E-state index is 3.79. The Morgan fingerprint density at radius 3 is 1.91 bits per heavy atom. The predicted octanol–water partition coefficient (Wildman–Crippen LogP) is 5.50. The molecule has 3 rings (SSSR count). The van der Waals surface area contributed by atoms with Crippen LogP contribution in [0.4, 0.5) is 0 Å². The first-order valence-electron chi connectivity index (χ1n) is 7.66. The molecule has 3 aromatic rings. The zero-order valence-electron chi connectivity index (χ0n) is 13.0. The minimum absolute atomic E-state index is 0.232. The minimum Gasteiger partial charge on any atom is -0.299 e. The zero-order valence-corrected chi connectivity index (χ0v) is 13.8. The van der Waals surface area contributed by atoms with E-state index >= 15 is 0 Å². The maximum Gasteiger partial charge on any atom is 0.0675 e. The largest absolute Gasteiger partial charge is 0.299 e. The summed E-state index contributed by atoms with van der Waals surface area (Å²) in [7, 11) is 0. The molecule has 112 valence electrons. The summed E-state index contributed by atoms with van der Waals surface area (Å²) in [6.45, 7) is 4.39. The fourth-order valence-electron chi connectivity index (χ4n) is 2.68. The number of rotatable bonds is 5. The van der Waals surface area contributed by atoms with E-state index in [2.05, 4.69) is 92.0 Å². The van der Waals surface area contributed by atoms with Crippen LogP contribution in [-0.2, 0) is 0 Å². The van der Waals surface area contributed by atoms with E-state index in [1.165, 1.54) is 20.9 Å². The lowest BCUT2D eigenvalue weighted by Gasteiger charge is -2.23. The van der Waals surface area contributed by atoms with E-state index in [0.29, 0.717) is 6.04 Å². The molecule has 2 atom stereocenters. The molecule has 1 aromatic heterocycles. The number of hydrogen-bond donors (Lipinski definition) is 1. The van der Waals surface area contributed by atoms with Crippen molar-refractivity contribution in [2.45, 2.75) is 25.9 Å². The van der Waals surface area contributed by atoms with E-state index in [1.54, 1.807) is 0 Å². The van der Waals surface area contributed by atoms with Gasteiger partial charge in [0.1, 0.15) is 0 Å². The van der Waals surface area contributed by atoms with Crippen molar-refractivity contribution in [3.05, 3.63) is 93.7 Å². The van der Waals surface area contributed by atoms with Gasteiger partial charge in [0.2, 0.25) is 0 Å². The SMILES string of the molecule is Cc1ccc(C(N[C@H](C)c2ccccc2)c2ccccc2)s1. The van der Waals surface area contributed by atoms with E-state index in [0.717, 1.165) is 0 Å². The number of nitrogens with one attached hydrogen (secondary N) is 1. The molecular weight excluding hydrogens is 286 g/mol. The maximum absolute atomic E-state index is 3.79. The summed E-state index contributed by atoms with van der Waals surface area (Å²) in [6.07, 6.45) is 0. The van der Waals surface area contributed by atoms with Crippen LogP contribution in [0.5, 0.6) is 0 Å². The highest BCUT2D eigenvalue weighted by Crippen LogP contribution is 2.30. The van der Waals surface area contributed by atoms with Gasteiger partial charge in [0, 0.05) is 15.8 Å². The van der Waals surface area contributed by atoms with Gasteiger partial charge in [-0.2, -0.15) is 0 Å². The van der Waals surface area contributed by atoms with Crippen molar-refractivity contribution in [1.29, 1.82) is 0 Å². The monoisotopic (exact) mass is 307 g/mol. The fourth-order valence-corrected chi connectivity index (χ4v) is 3.65. The van der Waals surface area contributed by atoms with Crippen molar-refractivity contribution >= 4 is 11.3 Å². The van der Waals surface area contributed by atoms with E-state index in [-0.39, 0.29) is 6.04 Å². The Morgan fingerprint density at radius 1 is 0.773 bits per heavy atom. The molecule has 2 heteroatoms. The molecule has 1 nitrogen and oxygen atoms in total. The lowest BCUT2D eigenvalue weighted by atomic mass is 10.0. The van der Waals surface area contributed by atoms with Crippen LogP contribution in [0.2, 0.25) is 0 Å². The van der Waals surface area contributed by atoms with Gasteiger partial charge >= 0.3 is 0 Å². The molecule has 2 aromatic carbocycles. The Hall–Kier alpha value is -1.90. The van der Waals surface area contributed by atoms with Crippen molar-refractivity contribution < 1.29 is 0 Å². The van der Waals surface area contributed by atoms with Gasteiger partial charge in [-0.3, -0.25) is 5.32 Å². The Kier molecular flexibility index (Phi) is 4.71. The highest BCUT2D eigenvalue weighted by Gasteiger charge is 2.18. The predicted molar refractivity (Wildman–Crippen MR) is 95.3 cm³/mol. The van der Waals surface area contributed by atoms with Crippen molar-refractivity contribution in [3.63, 3.8) is 0 Å². The lowest BCUT2D eigenvalue weighted by molar-refractivity contribution is 0.521. The highest BCUT2D eigenvalue weighted by atomic mass is 32.1. The molecular formula is C20H21NS. The first-order chi connectivity index (χ1) is 10.7. The third kappa shape index (κ3) is 3.46. The molecule has 1 unspecified atom stereocenters. The molecule has 0 fully saturated rings. The summed E-state index contributed by atoms with van der Waals surface area (Å²) in [6, 6.07) is 26.3.